The molecule has 0 aliphatic heterocycles. The van der Waals surface area contributed by atoms with E-state index in [2.05, 4.69) is 29.6 Å². The van der Waals surface area contributed by atoms with Crippen molar-refractivity contribution in [2.45, 2.75) is 50.7 Å². The van der Waals surface area contributed by atoms with Crippen LogP contribution in [0.3, 0.4) is 0 Å². The molecule has 5 nitrogen and oxygen atoms in total. The van der Waals surface area contributed by atoms with E-state index in [1.165, 1.54) is 29.2 Å². The predicted molar refractivity (Wildman–Crippen MR) is 106 cm³/mol. The van der Waals surface area contributed by atoms with Crippen LogP contribution in [0, 0.1) is 0 Å². The summed E-state index contributed by atoms with van der Waals surface area (Å²) >= 11 is 0. The molecule has 28 heavy (non-hydrogen) atoms. The highest BCUT2D eigenvalue weighted by Gasteiger charge is 2.30. The van der Waals surface area contributed by atoms with Crippen LogP contribution in [0.4, 0.5) is 4.79 Å². The third kappa shape index (κ3) is 3.88. The van der Waals surface area contributed by atoms with Crippen LogP contribution in [0.5, 0.6) is 0 Å². The average Bonchev–Trinajstić information content (AvgIpc) is 3.01. The van der Waals surface area contributed by atoms with Gasteiger partial charge in [0.1, 0.15) is 12.7 Å². The Labute approximate surface area is 165 Å². The Bertz CT molecular complexity index is 825. The van der Waals surface area contributed by atoms with Gasteiger partial charge in [-0.1, -0.05) is 48.5 Å². The van der Waals surface area contributed by atoms with Gasteiger partial charge >= 0.3 is 12.1 Å². The maximum Gasteiger partial charge on any atom is 0.407 e. The summed E-state index contributed by atoms with van der Waals surface area (Å²) in [4.78, 5) is 23.4. The Balaban J connectivity index is 1.33. The Morgan fingerprint density at radius 2 is 1.50 bits per heavy atom. The molecule has 0 aromatic heterocycles. The van der Waals surface area contributed by atoms with Gasteiger partial charge in [-0.25, -0.2) is 4.79 Å². The van der Waals surface area contributed by atoms with Gasteiger partial charge in [-0.15, -0.1) is 0 Å². The lowest BCUT2D eigenvalue weighted by molar-refractivity contribution is -0.147. The lowest BCUT2D eigenvalue weighted by Gasteiger charge is -2.28. The molecule has 1 saturated carbocycles. The molecule has 4 rings (SSSR count). The quantitative estimate of drug-likeness (QED) is 0.800. The molecule has 0 unspecified atom stereocenters. The van der Waals surface area contributed by atoms with E-state index >= 15 is 0 Å². The minimum atomic E-state index is -0.377. The molecule has 0 saturated heterocycles. The number of hydrogen-bond acceptors (Lipinski definition) is 4. The zero-order valence-corrected chi connectivity index (χ0v) is 16.0. The fraction of sp³-hybridized carbons (Fsp3) is 0.391. The molecule has 146 valence electrons. The summed E-state index contributed by atoms with van der Waals surface area (Å²) in [5.41, 5.74) is 4.85. The number of rotatable bonds is 4. The van der Waals surface area contributed by atoms with Gasteiger partial charge in [0, 0.05) is 18.9 Å². The maximum atomic E-state index is 12.3. The number of alkyl carbamates (subject to hydrolysis) is 1. The molecule has 0 heterocycles. The molecule has 0 atom stereocenters. The summed E-state index contributed by atoms with van der Waals surface area (Å²) < 4.78 is 10.8. The number of carbonyl (C=O) groups is 2. The third-order valence-electron chi connectivity index (χ3n) is 5.67. The Hall–Kier alpha value is -2.82. The second kappa shape index (κ2) is 8.05. The fourth-order valence-electron chi connectivity index (χ4n) is 4.37. The number of hydrogen-bond donors (Lipinski definition) is 1. The van der Waals surface area contributed by atoms with E-state index in [9.17, 15) is 9.59 Å². The average molecular weight is 379 g/mol. The van der Waals surface area contributed by atoms with Crippen LogP contribution in [-0.2, 0) is 14.3 Å². The van der Waals surface area contributed by atoms with E-state index in [4.69, 9.17) is 9.47 Å². The van der Waals surface area contributed by atoms with Crippen LogP contribution in [0.2, 0.25) is 0 Å². The van der Waals surface area contributed by atoms with Crippen molar-refractivity contribution >= 4 is 12.1 Å². The lowest BCUT2D eigenvalue weighted by Crippen LogP contribution is -2.40. The molecule has 1 amide bonds. The van der Waals surface area contributed by atoms with Gasteiger partial charge in [0.2, 0.25) is 0 Å². The molecule has 2 aliphatic rings. The van der Waals surface area contributed by atoms with Crippen LogP contribution < -0.4 is 5.32 Å². The molecule has 0 spiro atoms. The van der Waals surface area contributed by atoms with Crippen molar-refractivity contribution in [3.05, 3.63) is 59.7 Å². The van der Waals surface area contributed by atoms with Gasteiger partial charge < -0.3 is 14.8 Å². The molecule has 5 heteroatoms. The van der Waals surface area contributed by atoms with Crippen LogP contribution in [-0.4, -0.2) is 30.8 Å². The van der Waals surface area contributed by atoms with E-state index in [1.807, 2.05) is 24.3 Å². The number of carbonyl (C=O) groups excluding carboxylic acids is 2. The van der Waals surface area contributed by atoms with Crippen LogP contribution in [0.1, 0.15) is 49.7 Å². The van der Waals surface area contributed by atoms with E-state index in [0.717, 1.165) is 25.7 Å². The molecule has 2 aliphatic carbocycles. The standard InChI is InChI=1S/C23H25NO4/c1-15(25)28-17-12-10-16(11-13-17)24-23(26)27-14-22-20-8-4-2-6-18(20)19-7-3-5-9-21(19)22/h2-9,16-17,22H,10-14H2,1H3,(H,24,26). The zero-order valence-electron chi connectivity index (χ0n) is 16.0. The van der Waals surface area contributed by atoms with Crippen LogP contribution in [0.15, 0.2) is 48.5 Å². The minimum absolute atomic E-state index is 0.0296. The molecular weight excluding hydrogens is 354 g/mol. The smallest absolute Gasteiger partial charge is 0.407 e. The molecular formula is C23H25NO4. The molecule has 2 aromatic rings. The summed E-state index contributed by atoms with van der Waals surface area (Å²) in [5.74, 6) is -0.175. The highest BCUT2D eigenvalue weighted by Crippen LogP contribution is 2.44. The van der Waals surface area contributed by atoms with Crippen molar-refractivity contribution in [1.29, 1.82) is 0 Å². The number of esters is 1. The summed E-state index contributed by atoms with van der Waals surface area (Å²) in [7, 11) is 0. The van der Waals surface area contributed by atoms with Gasteiger partial charge in [0.05, 0.1) is 0 Å². The van der Waals surface area contributed by atoms with Crippen LogP contribution >= 0.6 is 0 Å². The van der Waals surface area contributed by atoms with Crippen molar-refractivity contribution in [1.82, 2.24) is 5.32 Å². The van der Waals surface area contributed by atoms with Gasteiger partial charge in [0.25, 0.3) is 0 Å². The van der Waals surface area contributed by atoms with Crippen LogP contribution in [0.25, 0.3) is 11.1 Å². The van der Waals surface area contributed by atoms with Crippen molar-refractivity contribution < 1.29 is 19.1 Å². The topological polar surface area (TPSA) is 64.6 Å². The van der Waals surface area contributed by atoms with Gasteiger partial charge in [-0.2, -0.15) is 0 Å². The second-order valence-electron chi connectivity index (χ2n) is 7.55. The number of ether oxygens (including phenoxy) is 2. The zero-order chi connectivity index (χ0) is 19.5. The van der Waals surface area contributed by atoms with E-state index < -0.39 is 0 Å². The largest absolute Gasteiger partial charge is 0.463 e. The second-order valence-corrected chi connectivity index (χ2v) is 7.55. The first kappa shape index (κ1) is 18.5. The van der Waals surface area contributed by atoms with E-state index in [0.29, 0.717) is 6.61 Å². The first-order valence-electron chi connectivity index (χ1n) is 9.90. The normalized spacial score (nSPS) is 20.8. The molecule has 1 N–H and O–H groups in total. The first-order chi connectivity index (χ1) is 13.6. The van der Waals surface area contributed by atoms with Gasteiger partial charge in [0.15, 0.2) is 0 Å². The Morgan fingerprint density at radius 3 is 2.07 bits per heavy atom. The molecule has 1 fully saturated rings. The number of amides is 1. The number of nitrogens with one attached hydrogen (secondary N) is 1. The molecule has 2 aromatic carbocycles. The Kier molecular flexibility index (Phi) is 5.33. The molecule has 0 bridgehead atoms. The van der Waals surface area contributed by atoms with E-state index in [1.54, 1.807) is 0 Å². The summed E-state index contributed by atoms with van der Waals surface area (Å²) in [6.07, 6.45) is 2.72. The Morgan fingerprint density at radius 1 is 0.929 bits per heavy atom. The highest BCUT2D eigenvalue weighted by molar-refractivity contribution is 5.79. The summed E-state index contributed by atoms with van der Waals surface area (Å²) in [6.45, 7) is 1.75. The van der Waals surface area contributed by atoms with Crippen molar-refractivity contribution in [3.8, 4) is 11.1 Å². The van der Waals surface area contributed by atoms with Crippen molar-refractivity contribution in [3.63, 3.8) is 0 Å². The molecule has 0 radical (unpaired) electrons. The highest BCUT2D eigenvalue weighted by atomic mass is 16.6. The third-order valence-corrected chi connectivity index (χ3v) is 5.67. The minimum Gasteiger partial charge on any atom is -0.463 e. The number of benzene rings is 2. The van der Waals surface area contributed by atoms with Crippen molar-refractivity contribution in [2.75, 3.05) is 6.61 Å². The summed E-state index contributed by atoms with van der Waals surface area (Å²) in [6, 6.07) is 16.7. The van der Waals surface area contributed by atoms with Gasteiger partial charge in [-0.3, -0.25) is 4.79 Å². The van der Waals surface area contributed by atoms with E-state index in [-0.39, 0.29) is 30.1 Å². The van der Waals surface area contributed by atoms with Gasteiger partial charge in [-0.05, 0) is 47.9 Å². The SMILES string of the molecule is CC(=O)OC1CCC(NC(=O)OCC2c3ccccc3-c3ccccc32)CC1. The number of fused-ring (bicyclic) bond motifs is 3. The summed E-state index contributed by atoms with van der Waals surface area (Å²) in [5, 5.41) is 2.96. The van der Waals surface area contributed by atoms with Crippen molar-refractivity contribution in [2.24, 2.45) is 0 Å². The fourth-order valence-corrected chi connectivity index (χ4v) is 4.37. The maximum absolute atomic E-state index is 12.3. The monoisotopic (exact) mass is 379 g/mol. The first-order valence-corrected chi connectivity index (χ1v) is 9.90. The predicted octanol–water partition coefficient (Wildman–Crippen LogP) is 4.40. The lowest BCUT2D eigenvalue weighted by atomic mass is 9.93.